The first kappa shape index (κ1) is 30.4. The number of carbonyl (C=O) groups excluding carboxylic acids is 3. The molecular formula is C30H41ClN4O4. The molecule has 8 nitrogen and oxygen atoms in total. The van der Waals surface area contributed by atoms with Gasteiger partial charge in [0.05, 0.1) is 6.61 Å². The number of unbranched alkanes of at least 4 members (excludes halogenated alkanes) is 1. The first-order chi connectivity index (χ1) is 18.5. The number of piperidine rings is 1. The van der Waals surface area contributed by atoms with E-state index in [0.717, 1.165) is 44.5 Å². The van der Waals surface area contributed by atoms with Crippen LogP contribution in [0.15, 0.2) is 60.7 Å². The van der Waals surface area contributed by atoms with Crippen LogP contribution in [-0.2, 0) is 22.5 Å². The minimum Gasteiger partial charge on any atom is -0.449 e. The van der Waals surface area contributed by atoms with Crippen molar-refractivity contribution in [2.45, 2.75) is 57.5 Å². The Kier molecular flexibility index (Phi) is 11.6. The Bertz CT molecular complexity index is 1060. The summed E-state index contributed by atoms with van der Waals surface area (Å²) in [6, 6.07) is 19.8. The third-order valence-corrected chi connectivity index (χ3v) is 7.64. The number of benzene rings is 2. The molecule has 2 saturated heterocycles. The van der Waals surface area contributed by atoms with Crippen molar-refractivity contribution in [2.75, 3.05) is 39.3 Å². The van der Waals surface area contributed by atoms with Gasteiger partial charge >= 0.3 is 12.1 Å². The smallest absolute Gasteiger partial charge is 0.407 e. The molecule has 2 aromatic rings. The van der Waals surface area contributed by atoms with Crippen molar-refractivity contribution in [3.05, 3.63) is 71.8 Å². The molecule has 0 aliphatic carbocycles. The Labute approximate surface area is 238 Å². The molecule has 0 radical (unpaired) electrons. The number of urea groups is 1. The van der Waals surface area contributed by atoms with Gasteiger partial charge in [-0.1, -0.05) is 74.0 Å². The molecule has 0 saturated carbocycles. The largest absolute Gasteiger partial charge is 0.449 e. The minimum absolute atomic E-state index is 0. The van der Waals surface area contributed by atoms with Crippen LogP contribution in [0.25, 0.3) is 0 Å². The normalized spacial score (nSPS) is 16.8. The van der Waals surface area contributed by atoms with Gasteiger partial charge in [-0.25, -0.2) is 9.59 Å². The van der Waals surface area contributed by atoms with Crippen LogP contribution in [0.5, 0.6) is 0 Å². The van der Waals surface area contributed by atoms with Crippen LogP contribution in [0.1, 0.15) is 50.2 Å². The van der Waals surface area contributed by atoms with Crippen LogP contribution in [-0.4, -0.2) is 77.6 Å². The molecule has 0 atom stereocenters. The third kappa shape index (κ3) is 7.73. The number of imide groups is 1. The molecule has 4 amide bonds. The molecule has 1 spiro atoms. The van der Waals surface area contributed by atoms with Gasteiger partial charge in [-0.15, -0.1) is 12.4 Å². The fourth-order valence-corrected chi connectivity index (χ4v) is 5.38. The summed E-state index contributed by atoms with van der Waals surface area (Å²) in [5.74, 6) is -0.0881. The molecule has 2 fully saturated rings. The fraction of sp³-hybridized carbons (Fsp3) is 0.500. The average Bonchev–Trinajstić information content (AvgIpc) is 3.14. The van der Waals surface area contributed by atoms with E-state index in [1.54, 1.807) is 0 Å². The lowest BCUT2D eigenvalue weighted by atomic mass is 9.85. The average molecular weight is 557 g/mol. The van der Waals surface area contributed by atoms with Gasteiger partial charge in [0.1, 0.15) is 5.54 Å². The highest BCUT2D eigenvalue weighted by Gasteiger charge is 2.57. The van der Waals surface area contributed by atoms with Gasteiger partial charge in [0, 0.05) is 39.3 Å². The maximum atomic E-state index is 13.7. The zero-order valence-corrected chi connectivity index (χ0v) is 23.7. The number of alkyl carbamates (subject to hydrolysis) is 1. The van der Waals surface area contributed by atoms with E-state index >= 15 is 0 Å². The Morgan fingerprint density at radius 3 is 2.18 bits per heavy atom. The highest BCUT2D eigenvalue weighted by Crippen LogP contribution is 2.37. The molecule has 0 aromatic heterocycles. The number of ether oxygens (including phenoxy) is 1. The second-order valence-electron chi connectivity index (χ2n) is 10.2. The lowest BCUT2D eigenvalue weighted by molar-refractivity contribution is -0.135. The van der Waals surface area contributed by atoms with Crippen molar-refractivity contribution in [1.82, 2.24) is 20.0 Å². The molecular weight excluding hydrogens is 516 g/mol. The van der Waals surface area contributed by atoms with Crippen LogP contribution >= 0.6 is 12.4 Å². The zero-order valence-electron chi connectivity index (χ0n) is 22.8. The molecule has 0 bridgehead atoms. The Morgan fingerprint density at radius 1 is 0.897 bits per heavy atom. The van der Waals surface area contributed by atoms with Crippen LogP contribution in [0, 0.1) is 0 Å². The Morgan fingerprint density at radius 2 is 1.54 bits per heavy atom. The maximum absolute atomic E-state index is 13.7. The number of hydrogen-bond donors (Lipinski definition) is 1. The van der Waals surface area contributed by atoms with Crippen molar-refractivity contribution in [3.63, 3.8) is 0 Å². The number of halogens is 1. The Hall–Kier alpha value is -3.10. The van der Waals surface area contributed by atoms with Crippen molar-refractivity contribution >= 4 is 30.4 Å². The van der Waals surface area contributed by atoms with Crippen molar-refractivity contribution < 1.29 is 19.1 Å². The lowest BCUT2D eigenvalue weighted by Gasteiger charge is -2.42. The summed E-state index contributed by atoms with van der Waals surface area (Å²) in [4.78, 5) is 44.7. The molecule has 2 aliphatic heterocycles. The van der Waals surface area contributed by atoms with E-state index in [-0.39, 0.29) is 37.5 Å². The lowest BCUT2D eigenvalue weighted by Crippen LogP contribution is -2.57. The molecule has 9 heteroatoms. The number of nitrogens with one attached hydrogen (secondary N) is 1. The summed E-state index contributed by atoms with van der Waals surface area (Å²) >= 11 is 0. The van der Waals surface area contributed by atoms with E-state index in [9.17, 15) is 14.4 Å². The van der Waals surface area contributed by atoms with E-state index in [1.807, 2.05) is 41.3 Å². The van der Waals surface area contributed by atoms with Gasteiger partial charge in [0.15, 0.2) is 0 Å². The molecule has 0 unspecified atom stereocenters. The number of amides is 4. The fourth-order valence-electron chi connectivity index (χ4n) is 5.38. The van der Waals surface area contributed by atoms with Crippen molar-refractivity contribution in [3.8, 4) is 0 Å². The highest BCUT2D eigenvalue weighted by atomic mass is 35.5. The van der Waals surface area contributed by atoms with E-state index in [0.29, 0.717) is 32.4 Å². The van der Waals surface area contributed by atoms with Gasteiger partial charge in [-0.3, -0.25) is 9.69 Å². The quantitative estimate of drug-likeness (QED) is 0.298. The Balaban J connectivity index is 0.00000420. The molecule has 2 heterocycles. The molecule has 4 rings (SSSR count). The predicted molar refractivity (Wildman–Crippen MR) is 154 cm³/mol. The highest BCUT2D eigenvalue weighted by molar-refractivity contribution is 6.07. The minimum atomic E-state index is -0.747. The predicted octanol–water partition coefficient (Wildman–Crippen LogP) is 4.87. The summed E-state index contributed by atoms with van der Waals surface area (Å²) in [7, 11) is 0. The van der Waals surface area contributed by atoms with E-state index in [2.05, 4.69) is 41.4 Å². The first-order valence-corrected chi connectivity index (χ1v) is 13.9. The van der Waals surface area contributed by atoms with Gasteiger partial charge < -0.3 is 19.9 Å². The number of rotatable bonds is 12. The molecule has 39 heavy (non-hydrogen) atoms. The standard InChI is InChI=1S/C30H40N4O4.ClH/c1-2-3-19-34-29(37)33(18-10-23-38-28(36)31-24-26-13-8-5-9-14-26)27(35)30(34)16-21-32(22-17-30)20-15-25-11-6-4-7-12-25;/h4-9,11-14H,2-3,10,15-24H2,1H3,(H,31,36);1H. The number of nitrogens with zero attached hydrogens (tertiary/aromatic N) is 3. The topological polar surface area (TPSA) is 82.2 Å². The summed E-state index contributed by atoms with van der Waals surface area (Å²) in [6.07, 6.45) is 4.04. The van der Waals surface area contributed by atoms with Gasteiger partial charge in [0.2, 0.25) is 0 Å². The maximum Gasteiger partial charge on any atom is 0.407 e. The number of likely N-dealkylation sites (tertiary alicyclic amines) is 1. The monoisotopic (exact) mass is 556 g/mol. The van der Waals surface area contributed by atoms with Crippen LogP contribution in [0.2, 0.25) is 0 Å². The van der Waals surface area contributed by atoms with Crippen LogP contribution in [0.3, 0.4) is 0 Å². The van der Waals surface area contributed by atoms with Crippen LogP contribution < -0.4 is 5.32 Å². The first-order valence-electron chi connectivity index (χ1n) is 13.9. The van der Waals surface area contributed by atoms with Crippen molar-refractivity contribution in [2.24, 2.45) is 0 Å². The van der Waals surface area contributed by atoms with Gasteiger partial charge in [-0.2, -0.15) is 0 Å². The molecule has 2 aromatic carbocycles. The van der Waals surface area contributed by atoms with E-state index < -0.39 is 11.6 Å². The number of hydrogen-bond acceptors (Lipinski definition) is 5. The summed E-state index contributed by atoms with van der Waals surface area (Å²) in [5.41, 5.74) is 1.55. The second-order valence-corrected chi connectivity index (χ2v) is 10.2. The summed E-state index contributed by atoms with van der Waals surface area (Å²) < 4.78 is 5.28. The molecule has 2 aliphatic rings. The number of carbonyl (C=O) groups is 3. The van der Waals surface area contributed by atoms with Gasteiger partial charge in [-0.05, 0) is 43.2 Å². The second kappa shape index (κ2) is 14.9. The molecule has 212 valence electrons. The van der Waals surface area contributed by atoms with Crippen LogP contribution in [0.4, 0.5) is 9.59 Å². The summed E-state index contributed by atoms with van der Waals surface area (Å²) in [6.45, 7) is 6.03. The zero-order chi connectivity index (χ0) is 26.8. The van der Waals surface area contributed by atoms with Gasteiger partial charge in [0.25, 0.3) is 5.91 Å². The SMILES string of the molecule is CCCCN1C(=O)N(CCCOC(=O)NCc2ccccc2)C(=O)C12CCN(CCc1ccccc1)CC2.Cl. The summed E-state index contributed by atoms with van der Waals surface area (Å²) in [5, 5.41) is 2.73. The van der Waals surface area contributed by atoms with Crippen molar-refractivity contribution in [1.29, 1.82) is 0 Å². The van der Waals surface area contributed by atoms with E-state index in [4.69, 9.17) is 4.74 Å². The van der Waals surface area contributed by atoms with E-state index in [1.165, 1.54) is 10.5 Å². The molecule has 1 N–H and O–H groups in total. The third-order valence-electron chi connectivity index (χ3n) is 7.64.